The molecule has 0 unspecified atom stereocenters. The van der Waals surface area contributed by atoms with Crippen LogP contribution in [0, 0.1) is 0 Å². The van der Waals surface area contributed by atoms with Crippen LogP contribution >= 0.6 is 0 Å². The average molecular weight is 263 g/mol. The standard InChI is InChI=1S/C11H17N7O/c1-2-17(6-4-8-19)10-14-9(12)15-11(16-10)18-7-3-5-13-18/h3,5,7,19H,2,4,6,8H2,1H3,(H2,12,14,15,16). The summed E-state index contributed by atoms with van der Waals surface area (Å²) in [5, 5.41) is 13.0. The molecule has 0 aliphatic rings. The summed E-state index contributed by atoms with van der Waals surface area (Å²) < 4.78 is 1.53. The molecular weight excluding hydrogens is 246 g/mol. The summed E-state index contributed by atoms with van der Waals surface area (Å²) in [4.78, 5) is 14.5. The molecule has 0 aliphatic heterocycles. The van der Waals surface area contributed by atoms with E-state index >= 15 is 0 Å². The van der Waals surface area contributed by atoms with Gasteiger partial charge in [-0.25, -0.2) is 4.68 Å². The van der Waals surface area contributed by atoms with Gasteiger partial charge in [-0.1, -0.05) is 0 Å². The Morgan fingerprint density at radius 1 is 1.37 bits per heavy atom. The second-order valence-electron chi connectivity index (χ2n) is 3.90. The topological polar surface area (TPSA) is 106 Å². The molecule has 2 heterocycles. The van der Waals surface area contributed by atoms with Gasteiger partial charge < -0.3 is 15.7 Å². The minimum atomic E-state index is 0.128. The first-order chi connectivity index (χ1) is 9.24. The minimum Gasteiger partial charge on any atom is -0.396 e. The maximum absolute atomic E-state index is 8.90. The monoisotopic (exact) mass is 263 g/mol. The van der Waals surface area contributed by atoms with Crippen LogP contribution in [0.2, 0.25) is 0 Å². The molecule has 0 radical (unpaired) electrons. The van der Waals surface area contributed by atoms with Gasteiger partial charge in [-0.2, -0.15) is 20.1 Å². The van der Waals surface area contributed by atoms with E-state index < -0.39 is 0 Å². The molecule has 0 aromatic carbocycles. The Bertz CT molecular complexity index is 514. The van der Waals surface area contributed by atoms with E-state index in [9.17, 15) is 0 Å². The van der Waals surface area contributed by atoms with E-state index in [0.29, 0.717) is 24.9 Å². The first-order valence-electron chi connectivity index (χ1n) is 6.12. The molecule has 0 saturated heterocycles. The van der Waals surface area contributed by atoms with Crippen molar-refractivity contribution >= 4 is 11.9 Å². The highest BCUT2D eigenvalue weighted by Crippen LogP contribution is 2.11. The summed E-state index contributed by atoms with van der Waals surface area (Å²) in [5.41, 5.74) is 5.71. The van der Waals surface area contributed by atoms with Crippen molar-refractivity contribution in [2.24, 2.45) is 0 Å². The maximum atomic E-state index is 8.90. The molecule has 2 aromatic rings. The lowest BCUT2D eigenvalue weighted by Gasteiger charge is -2.20. The second kappa shape index (κ2) is 6.10. The lowest BCUT2D eigenvalue weighted by atomic mass is 10.4. The Balaban J connectivity index is 2.30. The van der Waals surface area contributed by atoms with Crippen LogP contribution in [-0.2, 0) is 0 Å². The fourth-order valence-corrected chi connectivity index (χ4v) is 1.66. The van der Waals surface area contributed by atoms with Gasteiger partial charge in [0, 0.05) is 32.1 Å². The van der Waals surface area contributed by atoms with Gasteiger partial charge in [0.1, 0.15) is 0 Å². The van der Waals surface area contributed by atoms with Gasteiger partial charge in [0.25, 0.3) is 5.95 Å². The van der Waals surface area contributed by atoms with Crippen LogP contribution in [0.15, 0.2) is 18.5 Å². The van der Waals surface area contributed by atoms with Crippen LogP contribution in [0.5, 0.6) is 0 Å². The fourth-order valence-electron chi connectivity index (χ4n) is 1.66. The number of aromatic nitrogens is 5. The van der Waals surface area contributed by atoms with Crippen LogP contribution in [0.4, 0.5) is 11.9 Å². The molecule has 102 valence electrons. The largest absolute Gasteiger partial charge is 0.396 e. The summed E-state index contributed by atoms with van der Waals surface area (Å²) in [5.74, 6) is 1.03. The molecule has 0 spiro atoms. The number of nitrogen functional groups attached to an aromatic ring is 1. The number of anilines is 2. The summed E-state index contributed by atoms with van der Waals surface area (Å²) in [6.45, 7) is 3.50. The molecule has 0 amide bonds. The highest BCUT2D eigenvalue weighted by molar-refractivity contribution is 5.37. The first-order valence-corrected chi connectivity index (χ1v) is 6.12. The molecule has 2 aromatic heterocycles. The number of aliphatic hydroxyl groups excluding tert-OH is 1. The zero-order chi connectivity index (χ0) is 13.7. The highest BCUT2D eigenvalue weighted by Gasteiger charge is 2.12. The Hall–Kier alpha value is -2.22. The first kappa shape index (κ1) is 13.2. The van der Waals surface area contributed by atoms with Crippen LogP contribution in [0.25, 0.3) is 5.95 Å². The SMILES string of the molecule is CCN(CCCO)c1nc(N)nc(-n2cccn2)n1. The van der Waals surface area contributed by atoms with Gasteiger partial charge in [0.05, 0.1) is 0 Å². The van der Waals surface area contributed by atoms with Crippen LogP contribution in [0.1, 0.15) is 13.3 Å². The normalized spacial score (nSPS) is 10.6. The molecule has 0 aliphatic carbocycles. The third kappa shape index (κ3) is 3.16. The molecule has 0 fully saturated rings. The molecule has 2 rings (SSSR count). The van der Waals surface area contributed by atoms with Crippen molar-refractivity contribution in [1.82, 2.24) is 24.7 Å². The number of hydrogen-bond donors (Lipinski definition) is 2. The van der Waals surface area contributed by atoms with Crippen molar-refractivity contribution in [3.63, 3.8) is 0 Å². The molecule has 0 atom stereocenters. The van der Waals surface area contributed by atoms with Crippen molar-refractivity contribution in [3.8, 4) is 5.95 Å². The lowest BCUT2D eigenvalue weighted by molar-refractivity contribution is 0.289. The number of aliphatic hydroxyl groups is 1. The summed E-state index contributed by atoms with van der Waals surface area (Å²) >= 11 is 0. The second-order valence-corrected chi connectivity index (χ2v) is 3.90. The Kier molecular flexibility index (Phi) is 4.24. The minimum absolute atomic E-state index is 0.128. The van der Waals surface area contributed by atoms with Gasteiger partial charge in [-0.15, -0.1) is 0 Å². The maximum Gasteiger partial charge on any atom is 0.257 e. The van der Waals surface area contributed by atoms with Gasteiger partial charge in [-0.3, -0.25) is 0 Å². The van der Waals surface area contributed by atoms with Gasteiger partial charge in [-0.05, 0) is 19.4 Å². The van der Waals surface area contributed by atoms with E-state index in [0.717, 1.165) is 6.54 Å². The predicted octanol–water partition coefficient (Wildman–Crippen LogP) is -0.152. The van der Waals surface area contributed by atoms with E-state index in [4.69, 9.17) is 10.8 Å². The zero-order valence-electron chi connectivity index (χ0n) is 10.8. The molecule has 19 heavy (non-hydrogen) atoms. The predicted molar refractivity (Wildman–Crippen MR) is 71.0 cm³/mol. The van der Waals surface area contributed by atoms with E-state index in [1.807, 2.05) is 11.8 Å². The Labute approximate surface area is 110 Å². The van der Waals surface area contributed by atoms with Gasteiger partial charge >= 0.3 is 0 Å². The van der Waals surface area contributed by atoms with Crippen molar-refractivity contribution in [3.05, 3.63) is 18.5 Å². The molecule has 8 nitrogen and oxygen atoms in total. The van der Waals surface area contributed by atoms with Crippen molar-refractivity contribution in [2.45, 2.75) is 13.3 Å². The molecule has 0 saturated carbocycles. The fraction of sp³-hybridized carbons (Fsp3) is 0.455. The van der Waals surface area contributed by atoms with Gasteiger partial charge in [0.2, 0.25) is 11.9 Å². The average Bonchev–Trinajstić information content (AvgIpc) is 2.93. The Morgan fingerprint density at radius 2 is 2.21 bits per heavy atom. The summed E-state index contributed by atoms with van der Waals surface area (Å²) in [6.07, 6.45) is 4.03. The smallest absolute Gasteiger partial charge is 0.257 e. The number of nitrogens with zero attached hydrogens (tertiary/aromatic N) is 6. The summed E-state index contributed by atoms with van der Waals surface area (Å²) in [6, 6.07) is 1.78. The molecular formula is C11H17N7O. The lowest BCUT2D eigenvalue weighted by Crippen LogP contribution is -2.27. The molecule has 8 heteroatoms. The number of hydrogen-bond acceptors (Lipinski definition) is 7. The number of nitrogens with two attached hydrogens (primary N) is 1. The zero-order valence-corrected chi connectivity index (χ0v) is 10.8. The van der Waals surface area contributed by atoms with E-state index in [-0.39, 0.29) is 12.6 Å². The van der Waals surface area contributed by atoms with Crippen LogP contribution in [-0.4, -0.2) is 49.5 Å². The van der Waals surface area contributed by atoms with Crippen LogP contribution in [0.3, 0.4) is 0 Å². The van der Waals surface area contributed by atoms with Crippen molar-refractivity contribution < 1.29 is 5.11 Å². The van der Waals surface area contributed by atoms with E-state index in [1.54, 1.807) is 18.5 Å². The van der Waals surface area contributed by atoms with Gasteiger partial charge in [0.15, 0.2) is 0 Å². The summed E-state index contributed by atoms with van der Waals surface area (Å²) in [7, 11) is 0. The third-order valence-electron chi connectivity index (χ3n) is 2.59. The van der Waals surface area contributed by atoms with E-state index in [2.05, 4.69) is 20.1 Å². The number of rotatable bonds is 6. The quantitative estimate of drug-likeness (QED) is 0.746. The highest BCUT2D eigenvalue weighted by atomic mass is 16.3. The Morgan fingerprint density at radius 3 is 2.84 bits per heavy atom. The molecule has 3 N–H and O–H groups in total. The third-order valence-corrected chi connectivity index (χ3v) is 2.59. The van der Waals surface area contributed by atoms with Crippen molar-refractivity contribution in [1.29, 1.82) is 0 Å². The van der Waals surface area contributed by atoms with Crippen molar-refractivity contribution in [2.75, 3.05) is 30.3 Å². The molecule has 0 bridgehead atoms. The van der Waals surface area contributed by atoms with Crippen LogP contribution < -0.4 is 10.6 Å². The van der Waals surface area contributed by atoms with E-state index in [1.165, 1.54) is 4.68 Å².